The normalized spacial score (nSPS) is 24.6. The van der Waals surface area contributed by atoms with E-state index in [1.807, 2.05) is 20.8 Å². The highest BCUT2D eigenvalue weighted by molar-refractivity contribution is 5.99. The van der Waals surface area contributed by atoms with Gasteiger partial charge in [-0.15, -0.1) is 0 Å². The van der Waals surface area contributed by atoms with Crippen molar-refractivity contribution in [2.24, 2.45) is 17.3 Å². The maximum atomic E-state index is 12.9. The Morgan fingerprint density at radius 2 is 1.74 bits per heavy atom. The van der Waals surface area contributed by atoms with Crippen LogP contribution in [0.2, 0.25) is 0 Å². The third-order valence-electron chi connectivity index (χ3n) is 5.58. The number of carbonyl (C=O) groups is 3. The molecule has 2 fully saturated rings. The molecule has 1 saturated carbocycles. The van der Waals surface area contributed by atoms with Crippen molar-refractivity contribution in [2.75, 3.05) is 13.1 Å². The van der Waals surface area contributed by atoms with Crippen LogP contribution in [0.5, 0.6) is 0 Å². The maximum absolute atomic E-state index is 12.9. The van der Waals surface area contributed by atoms with Crippen molar-refractivity contribution in [1.82, 2.24) is 10.2 Å². The van der Waals surface area contributed by atoms with Crippen molar-refractivity contribution in [2.45, 2.75) is 46.1 Å². The molecular formula is C21H28N2O4. The number of rotatable bonds is 4. The Labute approximate surface area is 159 Å². The van der Waals surface area contributed by atoms with Gasteiger partial charge in [0.2, 0.25) is 0 Å². The molecule has 0 spiro atoms. The van der Waals surface area contributed by atoms with E-state index in [-0.39, 0.29) is 29.1 Å². The lowest BCUT2D eigenvalue weighted by atomic mass is 9.94. The van der Waals surface area contributed by atoms with Crippen LogP contribution in [-0.2, 0) is 4.79 Å². The van der Waals surface area contributed by atoms with E-state index in [2.05, 4.69) is 5.32 Å². The van der Waals surface area contributed by atoms with E-state index in [9.17, 15) is 19.5 Å². The largest absolute Gasteiger partial charge is 0.480 e. The van der Waals surface area contributed by atoms with E-state index in [4.69, 9.17) is 0 Å². The molecule has 3 unspecified atom stereocenters. The van der Waals surface area contributed by atoms with Gasteiger partial charge in [-0.05, 0) is 54.4 Å². The number of amides is 2. The minimum Gasteiger partial charge on any atom is -0.480 e. The first-order valence-electron chi connectivity index (χ1n) is 9.59. The molecule has 1 aliphatic carbocycles. The molecular weight excluding hydrogens is 344 g/mol. The fourth-order valence-corrected chi connectivity index (χ4v) is 4.21. The number of carboxylic acid groups (broad SMARTS) is 1. The molecule has 6 nitrogen and oxygen atoms in total. The zero-order valence-electron chi connectivity index (χ0n) is 16.2. The summed E-state index contributed by atoms with van der Waals surface area (Å²) in [6.45, 7) is 7.19. The predicted molar refractivity (Wildman–Crippen MR) is 102 cm³/mol. The molecule has 1 aromatic carbocycles. The van der Waals surface area contributed by atoms with Gasteiger partial charge in [-0.25, -0.2) is 4.79 Å². The second-order valence-electron chi connectivity index (χ2n) is 8.92. The van der Waals surface area contributed by atoms with Crippen LogP contribution in [0.1, 0.15) is 60.7 Å². The maximum Gasteiger partial charge on any atom is 0.326 e. The van der Waals surface area contributed by atoms with Crippen molar-refractivity contribution < 1.29 is 19.5 Å². The molecule has 1 aliphatic heterocycles. The smallest absolute Gasteiger partial charge is 0.326 e. The molecule has 3 atom stereocenters. The van der Waals surface area contributed by atoms with Crippen LogP contribution in [0, 0.1) is 17.3 Å². The number of benzene rings is 1. The van der Waals surface area contributed by atoms with Crippen LogP contribution in [0.3, 0.4) is 0 Å². The SMILES string of the molecule is CC(C)(C)CNC(=O)c1ccc(C(=O)N2CC3CCCC3C2C(=O)O)cc1. The van der Waals surface area contributed by atoms with Crippen molar-refractivity contribution >= 4 is 17.8 Å². The summed E-state index contributed by atoms with van der Waals surface area (Å²) >= 11 is 0. The first kappa shape index (κ1) is 19.4. The molecule has 1 aromatic rings. The zero-order valence-corrected chi connectivity index (χ0v) is 16.2. The minimum atomic E-state index is -0.920. The standard InChI is InChI=1S/C21H28N2O4/c1-21(2,3)12-22-18(24)13-7-9-14(10-8-13)19(25)23-11-15-5-4-6-16(15)17(23)20(26)27/h7-10,15-17H,4-6,11-12H2,1-3H3,(H,22,24)(H,26,27). The van der Waals surface area contributed by atoms with Gasteiger partial charge in [0, 0.05) is 24.2 Å². The van der Waals surface area contributed by atoms with Crippen LogP contribution in [0.15, 0.2) is 24.3 Å². The van der Waals surface area contributed by atoms with Crippen molar-refractivity contribution in [3.8, 4) is 0 Å². The Morgan fingerprint density at radius 3 is 2.33 bits per heavy atom. The number of fused-ring (bicyclic) bond motifs is 1. The Balaban J connectivity index is 1.70. The first-order chi connectivity index (χ1) is 12.7. The molecule has 146 valence electrons. The average Bonchev–Trinajstić information content (AvgIpc) is 3.19. The van der Waals surface area contributed by atoms with Gasteiger partial charge < -0.3 is 15.3 Å². The molecule has 0 radical (unpaired) electrons. The lowest BCUT2D eigenvalue weighted by molar-refractivity contribution is -0.142. The van der Waals surface area contributed by atoms with Gasteiger partial charge in [0.1, 0.15) is 6.04 Å². The van der Waals surface area contributed by atoms with Gasteiger partial charge >= 0.3 is 5.97 Å². The van der Waals surface area contributed by atoms with Gasteiger partial charge in [0.05, 0.1) is 0 Å². The van der Waals surface area contributed by atoms with Gasteiger partial charge in [-0.1, -0.05) is 27.2 Å². The number of nitrogens with one attached hydrogen (secondary N) is 1. The number of likely N-dealkylation sites (tertiary alicyclic amines) is 1. The van der Waals surface area contributed by atoms with E-state index in [0.717, 1.165) is 19.3 Å². The number of carboxylic acids is 1. The summed E-state index contributed by atoms with van der Waals surface area (Å²) in [5.74, 6) is -1.01. The summed E-state index contributed by atoms with van der Waals surface area (Å²) in [6.07, 6.45) is 2.91. The number of aliphatic carboxylic acids is 1. The predicted octanol–water partition coefficient (Wildman–Crippen LogP) is 2.79. The number of hydrogen-bond donors (Lipinski definition) is 2. The van der Waals surface area contributed by atoms with Gasteiger partial charge in [-0.2, -0.15) is 0 Å². The summed E-state index contributed by atoms with van der Waals surface area (Å²) in [7, 11) is 0. The summed E-state index contributed by atoms with van der Waals surface area (Å²) in [5, 5.41) is 12.5. The number of hydrogen-bond acceptors (Lipinski definition) is 3. The highest BCUT2D eigenvalue weighted by Gasteiger charge is 2.49. The first-order valence-corrected chi connectivity index (χ1v) is 9.59. The monoisotopic (exact) mass is 372 g/mol. The number of carbonyl (C=O) groups excluding carboxylic acids is 2. The van der Waals surface area contributed by atoms with Gasteiger partial charge in [-0.3, -0.25) is 9.59 Å². The second-order valence-corrected chi connectivity index (χ2v) is 8.92. The van der Waals surface area contributed by atoms with Crippen molar-refractivity contribution in [1.29, 1.82) is 0 Å². The molecule has 3 rings (SSSR count). The summed E-state index contributed by atoms with van der Waals surface area (Å²) in [6, 6.07) is 5.73. The molecule has 27 heavy (non-hydrogen) atoms. The highest BCUT2D eigenvalue weighted by atomic mass is 16.4. The molecule has 0 aromatic heterocycles. The molecule has 2 aliphatic rings. The summed E-state index contributed by atoms with van der Waals surface area (Å²) in [5.41, 5.74) is 0.906. The third-order valence-corrected chi connectivity index (χ3v) is 5.58. The summed E-state index contributed by atoms with van der Waals surface area (Å²) < 4.78 is 0. The molecule has 1 saturated heterocycles. The lowest BCUT2D eigenvalue weighted by Gasteiger charge is -2.24. The fourth-order valence-electron chi connectivity index (χ4n) is 4.21. The fraction of sp³-hybridized carbons (Fsp3) is 0.571. The molecule has 2 N–H and O–H groups in total. The van der Waals surface area contributed by atoms with Crippen molar-refractivity contribution in [3.63, 3.8) is 0 Å². The minimum absolute atomic E-state index is 0.00870. The van der Waals surface area contributed by atoms with E-state index in [1.54, 1.807) is 24.3 Å². The van der Waals surface area contributed by atoms with Crippen LogP contribution < -0.4 is 5.32 Å². The lowest BCUT2D eigenvalue weighted by Crippen LogP contribution is -2.43. The Kier molecular flexibility index (Phi) is 5.27. The topological polar surface area (TPSA) is 86.7 Å². The van der Waals surface area contributed by atoms with E-state index < -0.39 is 12.0 Å². The molecule has 2 amide bonds. The number of nitrogens with zero attached hydrogens (tertiary/aromatic N) is 1. The quantitative estimate of drug-likeness (QED) is 0.851. The summed E-state index contributed by atoms with van der Waals surface area (Å²) in [4.78, 5) is 38.4. The molecule has 0 bridgehead atoms. The zero-order chi connectivity index (χ0) is 19.8. The van der Waals surface area contributed by atoms with Gasteiger partial charge in [0.15, 0.2) is 0 Å². The molecule has 1 heterocycles. The van der Waals surface area contributed by atoms with E-state index in [1.165, 1.54) is 4.90 Å². The van der Waals surface area contributed by atoms with Gasteiger partial charge in [0.25, 0.3) is 11.8 Å². The van der Waals surface area contributed by atoms with Crippen molar-refractivity contribution in [3.05, 3.63) is 35.4 Å². The highest BCUT2D eigenvalue weighted by Crippen LogP contribution is 2.42. The Morgan fingerprint density at radius 1 is 1.11 bits per heavy atom. The van der Waals surface area contributed by atoms with Crippen LogP contribution in [0.25, 0.3) is 0 Å². The van der Waals surface area contributed by atoms with Crippen LogP contribution in [0.4, 0.5) is 0 Å². The Hall–Kier alpha value is -2.37. The Bertz CT molecular complexity index is 736. The van der Waals surface area contributed by atoms with Crippen LogP contribution in [-0.4, -0.2) is 46.9 Å². The average molecular weight is 372 g/mol. The van der Waals surface area contributed by atoms with E-state index in [0.29, 0.717) is 24.2 Å². The second kappa shape index (κ2) is 7.33. The van der Waals surface area contributed by atoms with E-state index >= 15 is 0 Å². The third kappa shape index (κ3) is 4.15. The molecule has 6 heteroatoms. The van der Waals surface area contributed by atoms with Crippen LogP contribution >= 0.6 is 0 Å².